The number of halogens is 3. The minimum Gasteiger partial charge on any atom is -0.484 e. The number of ether oxygens (including phenoxy) is 1. The molecule has 7 nitrogen and oxygen atoms in total. The molecule has 0 spiro atoms. The fourth-order valence-electron chi connectivity index (χ4n) is 2.70. The number of furan rings is 1. The number of nitrogens with one attached hydrogen (secondary N) is 1. The second kappa shape index (κ2) is 9.55. The van der Waals surface area contributed by atoms with Crippen molar-refractivity contribution in [3.8, 4) is 5.75 Å². The Bertz CT molecular complexity index is 1220. The highest BCUT2D eigenvalue weighted by Gasteiger charge is 2.14. The van der Waals surface area contributed by atoms with E-state index < -0.39 is 5.91 Å². The van der Waals surface area contributed by atoms with Crippen molar-refractivity contribution in [3.63, 3.8) is 0 Å². The molecular weight excluding hydrogens is 507 g/mol. The Morgan fingerprint density at radius 2 is 1.97 bits per heavy atom. The Kier molecular flexibility index (Phi) is 6.60. The Hall–Kier alpha value is -2.81. The highest BCUT2D eigenvalue weighted by atomic mass is 79.9. The number of hydrogen-bond acceptors (Lipinski definition) is 5. The largest absolute Gasteiger partial charge is 0.484 e. The predicted molar refractivity (Wildman–Crippen MR) is 121 cm³/mol. The molecule has 0 bridgehead atoms. The molecule has 0 unspecified atom stereocenters. The summed E-state index contributed by atoms with van der Waals surface area (Å²) in [6.45, 7) is 0.615. The van der Waals surface area contributed by atoms with E-state index in [0.29, 0.717) is 28.1 Å². The lowest BCUT2D eigenvalue weighted by atomic mass is 10.2. The summed E-state index contributed by atoms with van der Waals surface area (Å²) in [5.41, 5.74) is 0.901. The fourth-order valence-corrected chi connectivity index (χ4v) is 3.42. The van der Waals surface area contributed by atoms with Crippen molar-refractivity contribution in [2.24, 2.45) is 0 Å². The number of aromatic nitrogens is 3. The van der Waals surface area contributed by atoms with Gasteiger partial charge in [0.2, 0.25) is 5.95 Å². The number of hydrogen-bond donors (Lipinski definition) is 1. The first-order chi connectivity index (χ1) is 15.0. The minimum absolute atomic E-state index is 0.131. The highest BCUT2D eigenvalue weighted by Crippen LogP contribution is 2.25. The quantitative estimate of drug-likeness (QED) is 0.331. The van der Waals surface area contributed by atoms with Gasteiger partial charge in [0, 0.05) is 0 Å². The summed E-state index contributed by atoms with van der Waals surface area (Å²) in [7, 11) is 0. The van der Waals surface area contributed by atoms with Crippen molar-refractivity contribution in [1.82, 2.24) is 14.8 Å². The molecule has 0 aliphatic rings. The molecular formula is C21H15BrCl2N4O3. The first-order valence-corrected chi connectivity index (χ1v) is 10.6. The predicted octanol–water partition coefficient (Wildman–Crippen LogP) is 5.82. The van der Waals surface area contributed by atoms with Gasteiger partial charge >= 0.3 is 0 Å². The number of amides is 1. The van der Waals surface area contributed by atoms with E-state index in [0.717, 1.165) is 10.0 Å². The van der Waals surface area contributed by atoms with Gasteiger partial charge in [0.25, 0.3) is 5.91 Å². The SMILES string of the molecule is O=C(Nc1ncn(Cc2ccc(Cl)c(Cl)c2)n1)c1ccc(COc2ccccc2Br)o1. The van der Waals surface area contributed by atoms with E-state index in [4.69, 9.17) is 32.4 Å². The molecule has 31 heavy (non-hydrogen) atoms. The zero-order valence-corrected chi connectivity index (χ0v) is 19.0. The van der Waals surface area contributed by atoms with E-state index in [2.05, 4.69) is 31.3 Å². The summed E-state index contributed by atoms with van der Waals surface area (Å²) in [4.78, 5) is 16.5. The third-order valence-corrected chi connectivity index (χ3v) is 5.58. The fraction of sp³-hybridized carbons (Fsp3) is 0.0952. The van der Waals surface area contributed by atoms with Gasteiger partial charge in [-0.05, 0) is 57.9 Å². The number of carbonyl (C=O) groups is 1. The average molecular weight is 522 g/mol. The van der Waals surface area contributed by atoms with Gasteiger partial charge in [0.05, 0.1) is 21.1 Å². The number of benzene rings is 2. The molecule has 1 N–H and O–H groups in total. The third kappa shape index (κ3) is 5.46. The lowest BCUT2D eigenvalue weighted by Gasteiger charge is -2.05. The molecule has 0 aliphatic carbocycles. The molecule has 0 fully saturated rings. The van der Waals surface area contributed by atoms with Crippen LogP contribution in [0.1, 0.15) is 21.9 Å². The maximum absolute atomic E-state index is 12.4. The monoisotopic (exact) mass is 520 g/mol. The van der Waals surface area contributed by atoms with Crippen LogP contribution in [0.5, 0.6) is 5.75 Å². The lowest BCUT2D eigenvalue weighted by molar-refractivity contribution is 0.0991. The zero-order valence-electron chi connectivity index (χ0n) is 15.9. The molecule has 0 saturated carbocycles. The topological polar surface area (TPSA) is 82.2 Å². The summed E-state index contributed by atoms with van der Waals surface area (Å²) in [5.74, 6) is 1.03. The number of rotatable bonds is 7. The van der Waals surface area contributed by atoms with Crippen molar-refractivity contribution in [1.29, 1.82) is 0 Å². The number of carbonyl (C=O) groups excluding carboxylic acids is 1. The number of para-hydroxylation sites is 1. The van der Waals surface area contributed by atoms with Gasteiger partial charge in [-0.25, -0.2) is 9.67 Å². The first kappa shape index (κ1) is 21.4. The van der Waals surface area contributed by atoms with E-state index in [9.17, 15) is 4.79 Å². The van der Waals surface area contributed by atoms with Crippen LogP contribution in [0.4, 0.5) is 5.95 Å². The van der Waals surface area contributed by atoms with E-state index >= 15 is 0 Å². The maximum atomic E-state index is 12.4. The van der Waals surface area contributed by atoms with Gasteiger partial charge in [0.1, 0.15) is 24.4 Å². The van der Waals surface area contributed by atoms with Gasteiger partial charge in [0.15, 0.2) is 5.76 Å². The van der Waals surface area contributed by atoms with Gasteiger partial charge in [-0.15, -0.1) is 5.10 Å². The Morgan fingerprint density at radius 1 is 1.13 bits per heavy atom. The average Bonchev–Trinajstić information content (AvgIpc) is 3.40. The molecule has 2 aromatic carbocycles. The molecule has 4 rings (SSSR count). The van der Waals surface area contributed by atoms with Crippen LogP contribution < -0.4 is 10.1 Å². The molecule has 4 aromatic rings. The van der Waals surface area contributed by atoms with Gasteiger partial charge < -0.3 is 9.15 Å². The normalized spacial score (nSPS) is 10.8. The molecule has 1 amide bonds. The molecule has 10 heteroatoms. The summed E-state index contributed by atoms with van der Waals surface area (Å²) in [5, 5.41) is 7.80. The van der Waals surface area contributed by atoms with Gasteiger partial charge in [-0.3, -0.25) is 10.1 Å². The minimum atomic E-state index is -0.459. The van der Waals surface area contributed by atoms with Crippen LogP contribution in [0.15, 0.2) is 69.8 Å². The number of nitrogens with zero attached hydrogens (tertiary/aromatic N) is 3. The van der Waals surface area contributed by atoms with Crippen LogP contribution in [0.2, 0.25) is 10.0 Å². The standard InChI is InChI=1S/C21H15BrCl2N4O3/c22-15-3-1-2-4-18(15)30-11-14-6-8-19(31-14)20(29)26-21-25-12-28(27-21)10-13-5-7-16(23)17(24)9-13/h1-9,12H,10-11H2,(H,26,27,29). The molecule has 0 atom stereocenters. The summed E-state index contributed by atoms with van der Waals surface area (Å²) in [6.07, 6.45) is 1.51. The zero-order chi connectivity index (χ0) is 21.8. The lowest BCUT2D eigenvalue weighted by Crippen LogP contribution is -2.12. The second-order valence-corrected chi connectivity index (χ2v) is 8.12. The van der Waals surface area contributed by atoms with Crippen LogP contribution >= 0.6 is 39.1 Å². The Morgan fingerprint density at radius 3 is 2.77 bits per heavy atom. The van der Waals surface area contributed by atoms with E-state index in [1.54, 1.807) is 28.9 Å². The van der Waals surface area contributed by atoms with Crippen molar-refractivity contribution in [2.45, 2.75) is 13.2 Å². The molecule has 0 saturated heterocycles. The van der Waals surface area contributed by atoms with E-state index in [1.807, 2.05) is 30.3 Å². The maximum Gasteiger partial charge on any atom is 0.293 e. The highest BCUT2D eigenvalue weighted by molar-refractivity contribution is 9.10. The molecule has 158 valence electrons. The smallest absolute Gasteiger partial charge is 0.293 e. The van der Waals surface area contributed by atoms with Crippen molar-refractivity contribution < 1.29 is 13.9 Å². The van der Waals surface area contributed by atoms with Crippen LogP contribution in [-0.2, 0) is 13.2 Å². The van der Waals surface area contributed by atoms with E-state index in [-0.39, 0.29) is 18.3 Å². The van der Waals surface area contributed by atoms with Crippen LogP contribution in [0.25, 0.3) is 0 Å². The first-order valence-electron chi connectivity index (χ1n) is 9.09. The molecule has 2 aromatic heterocycles. The van der Waals surface area contributed by atoms with Crippen molar-refractivity contribution in [2.75, 3.05) is 5.32 Å². The summed E-state index contributed by atoms with van der Waals surface area (Å²) >= 11 is 15.4. The van der Waals surface area contributed by atoms with Gasteiger partial charge in [-0.2, -0.15) is 0 Å². The van der Waals surface area contributed by atoms with E-state index in [1.165, 1.54) is 6.33 Å². The number of anilines is 1. The van der Waals surface area contributed by atoms with Gasteiger partial charge in [-0.1, -0.05) is 41.4 Å². The molecule has 0 aliphatic heterocycles. The van der Waals surface area contributed by atoms with Crippen LogP contribution in [-0.4, -0.2) is 20.7 Å². The summed E-state index contributed by atoms with van der Waals surface area (Å²) < 4.78 is 13.7. The van der Waals surface area contributed by atoms with Crippen molar-refractivity contribution in [3.05, 3.63) is 92.5 Å². The second-order valence-electron chi connectivity index (χ2n) is 6.45. The third-order valence-electron chi connectivity index (χ3n) is 4.18. The van der Waals surface area contributed by atoms with Crippen molar-refractivity contribution >= 4 is 51.0 Å². The summed E-state index contributed by atoms with van der Waals surface area (Å²) in [6, 6.07) is 16.0. The Labute approximate surface area is 196 Å². The van der Waals surface area contributed by atoms with Crippen LogP contribution in [0.3, 0.4) is 0 Å². The van der Waals surface area contributed by atoms with Crippen LogP contribution in [0, 0.1) is 0 Å². The molecule has 0 radical (unpaired) electrons. The Balaban J connectivity index is 1.34. The molecule has 2 heterocycles.